The van der Waals surface area contributed by atoms with Crippen LogP contribution in [-0.4, -0.2) is 6.29 Å². The Hall–Kier alpha value is -0.810. The van der Waals surface area contributed by atoms with Gasteiger partial charge in [-0.3, -0.25) is 4.79 Å². The fourth-order valence-electron chi connectivity index (χ4n) is 1.25. The summed E-state index contributed by atoms with van der Waals surface area (Å²) in [6.45, 7) is 0. The van der Waals surface area contributed by atoms with Gasteiger partial charge in [0.05, 0.1) is 0 Å². The molecular weight excluding hydrogens is 326 g/mol. The molecule has 1 aromatic heterocycles. The molecule has 4 heteroatoms. The lowest BCUT2D eigenvalue weighted by Crippen LogP contribution is -1.80. The highest BCUT2D eigenvalue weighted by molar-refractivity contribution is 14.1. The third-order valence-electron chi connectivity index (χ3n) is 1.94. The first-order valence-corrected chi connectivity index (χ1v) is 5.67. The van der Waals surface area contributed by atoms with Gasteiger partial charge in [0.2, 0.25) is 0 Å². The lowest BCUT2D eigenvalue weighted by Gasteiger charge is -2.01. The van der Waals surface area contributed by atoms with Crippen molar-refractivity contribution in [3.63, 3.8) is 0 Å². The van der Waals surface area contributed by atoms with Crippen molar-refractivity contribution in [2.45, 2.75) is 0 Å². The molecule has 2 rings (SSSR count). The van der Waals surface area contributed by atoms with Crippen LogP contribution >= 0.6 is 34.2 Å². The van der Waals surface area contributed by atoms with Gasteiger partial charge >= 0.3 is 0 Å². The first-order chi connectivity index (χ1) is 7.20. The van der Waals surface area contributed by atoms with Crippen LogP contribution in [0.5, 0.6) is 0 Å². The van der Waals surface area contributed by atoms with Crippen LogP contribution < -0.4 is 0 Å². The van der Waals surface area contributed by atoms with E-state index in [2.05, 4.69) is 22.6 Å². The minimum Gasteiger partial charge on any atom is -0.453 e. The second kappa shape index (κ2) is 4.37. The lowest BCUT2D eigenvalue weighted by molar-refractivity contribution is 0.110. The zero-order valence-electron chi connectivity index (χ0n) is 7.54. The van der Waals surface area contributed by atoms with Crippen LogP contribution in [0.1, 0.15) is 10.6 Å². The molecule has 0 saturated heterocycles. The van der Waals surface area contributed by atoms with Gasteiger partial charge in [-0.2, -0.15) is 0 Å². The third kappa shape index (κ3) is 2.23. The number of rotatable bonds is 2. The maximum absolute atomic E-state index is 10.5. The van der Waals surface area contributed by atoms with E-state index < -0.39 is 0 Å². The maximum atomic E-state index is 10.5. The second-order valence-electron chi connectivity index (χ2n) is 2.94. The van der Waals surface area contributed by atoms with Crippen LogP contribution in [0.15, 0.2) is 34.7 Å². The molecular formula is C11H6ClIO2. The standard InChI is InChI=1S/C11H6ClIO2/c12-7-1-3-10(13)9(5-7)11-4-2-8(6-14)15-11/h1-6H. The Kier molecular flexibility index (Phi) is 3.11. The summed E-state index contributed by atoms with van der Waals surface area (Å²) in [6.07, 6.45) is 0.681. The van der Waals surface area contributed by atoms with Gasteiger partial charge in [0, 0.05) is 14.2 Å². The largest absolute Gasteiger partial charge is 0.453 e. The van der Waals surface area contributed by atoms with E-state index in [0.29, 0.717) is 22.8 Å². The first-order valence-electron chi connectivity index (χ1n) is 4.21. The molecule has 0 atom stereocenters. The number of carbonyl (C=O) groups excluding carboxylic acids is 1. The number of hydrogen-bond donors (Lipinski definition) is 0. The highest BCUT2D eigenvalue weighted by Gasteiger charge is 2.08. The minimum absolute atomic E-state index is 0.320. The Bertz CT molecular complexity index is 505. The van der Waals surface area contributed by atoms with Crippen LogP contribution in [0.4, 0.5) is 0 Å². The zero-order chi connectivity index (χ0) is 10.8. The van der Waals surface area contributed by atoms with Crippen LogP contribution in [-0.2, 0) is 0 Å². The van der Waals surface area contributed by atoms with E-state index in [0.717, 1.165) is 9.13 Å². The predicted octanol–water partition coefficient (Wildman–Crippen LogP) is 4.02. The van der Waals surface area contributed by atoms with Crippen molar-refractivity contribution >= 4 is 40.5 Å². The SMILES string of the molecule is O=Cc1ccc(-c2cc(Cl)ccc2I)o1. The van der Waals surface area contributed by atoms with Crippen molar-refractivity contribution in [1.82, 2.24) is 0 Å². The van der Waals surface area contributed by atoms with Crippen LogP contribution in [0.3, 0.4) is 0 Å². The molecule has 0 aliphatic heterocycles. The number of furan rings is 1. The normalized spacial score (nSPS) is 10.3. The van der Waals surface area contributed by atoms with Gasteiger partial charge in [-0.15, -0.1) is 0 Å². The highest BCUT2D eigenvalue weighted by Crippen LogP contribution is 2.29. The number of benzene rings is 1. The van der Waals surface area contributed by atoms with Gasteiger partial charge in [-0.05, 0) is 52.9 Å². The van der Waals surface area contributed by atoms with E-state index >= 15 is 0 Å². The molecule has 0 fully saturated rings. The Balaban J connectivity index is 2.52. The van der Waals surface area contributed by atoms with E-state index in [1.807, 2.05) is 18.2 Å². The molecule has 0 saturated carbocycles. The Labute approximate surface area is 105 Å². The van der Waals surface area contributed by atoms with E-state index in [-0.39, 0.29) is 0 Å². The van der Waals surface area contributed by atoms with Gasteiger partial charge in [0.15, 0.2) is 12.0 Å². The molecule has 0 spiro atoms. The van der Waals surface area contributed by atoms with Gasteiger partial charge in [0.1, 0.15) is 5.76 Å². The van der Waals surface area contributed by atoms with Crippen LogP contribution in [0.2, 0.25) is 5.02 Å². The molecule has 0 bridgehead atoms. The smallest absolute Gasteiger partial charge is 0.185 e. The number of aldehydes is 1. The first kappa shape index (κ1) is 10.7. The van der Waals surface area contributed by atoms with Crippen molar-refractivity contribution in [3.8, 4) is 11.3 Å². The molecule has 0 unspecified atom stereocenters. The molecule has 2 aromatic rings. The summed E-state index contributed by atoms with van der Waals surface area (Å²) in [5.41, 5.74) is 0.899. The molecule has 0 radical (unpaired) electrons. The molecule has 76 valence electrons. The Morgan fingerprint density at radius 1 is 1.27 bits per heavy atom. The maximum Gasteiger partial charge on any atom is 0.185 e. The molecule has 15 heavy (non-hydrogen) atoms. The average molecular weight is 333 g/mol. The third-order valence-corrected chi connectivity index (χ3v) is 3.11. The zero-order valence-corrected chi connectivity index (χ0v) is 10.4. The quantitative estimate of drug-likeness (QED) is 0.614. The molecule has 1 aromatic carbocycles. The highest BCUT2D eigenvalue weighted by atomic mass is 127. The molecule has 2 nitrogen and oxygen atoms in total. The van der Waals surface area contributed by atoms with Gasteiger partial charge < -0.3 is 4.42 Å². The minimum atomic E-state index is 0.320. The monoisotopic (exact) mass is 332 g/mol. The van der Waals surface area contributed by atoms with Crippen LogP contribution in [0, 0.1) is 3.57 Å². The molecule has 0 amide bonds. The average Bonchev–Trinajstić information content (AvgIpc) is 2.70. The Morgan fingerprint density at radius 3 is 2.73 bits per heavy atom. The molecule has 0 aliphatic rings. The van der Waals surface area contributed by atoms with Crippen molar-refractivity contribution in [3.05, 3.63) is 44.7 Å². The molecule has 1 heterocycles. The number of hydrogen-bond acceptors (Lipinski definition) is 2. The van der Waals surface area contributed by atoms with E-state index in [1.165, 1.54) is 0 Å². The predicted molar refractivity (Wildman–Crippen MR) is 67.3 cm³/mol. The van der Waals surface area contributed by atoms with Crippen molar-refractivity contribution in [2.24, 2.45) is 0 Å². The van der Waals surface area contributed by atoms with Gasteiger partial charge in [-0.1, -0.05) is 11.6 Å². The summed E-state index contributed by atoms with van der Waals surface area (Å²) >= 11 is 8.09. The fraction of sp³-hybridized carbons (Fsp3) is 0. The van der Waals surface area contributed by atoms with E-state index in [9.17, 15) is 4.79 Å². The number of halogens is 2. The topological polar surface area (TPSA) is 30.2 Å². The fourth-order valence-corrected chi connectivity index (χ4v) is 2.02. The van der Waals surface area contributed by atoms with Crippen molar-refractivity contribution < 1.29 is 9.21 Å². The van der Waals surface area contributed by atoms with Crippen molar-refractivity contribution in [1.29, 1.82) is 0 Å². The Morgan fingerprint density at radius 2 is 2.07 bits per heavy atom. The summed E-state index contributed by atoms with van der Waals surface area (Å²) < 4.78 is 6.35. The van der Waals surface area contributed by atoms with E-state index in [4.69, 9.17) is 16.0 Å². The second-order valence-corrected chi connectivity index (χ2v) is 4.54. The molecule has 0 N–H and O–H groups in total. The van der Waals surface area contributed by atoms with Gasteiger partial charge in [0.25, 0.3) is 0 Å². The summed E-state index contributed by atoms with van der Waals surface area (Å²) in [5.74, 6) is 0.977. The lowest BCUT2D eigenvalue weighted by atomic mass is 10.2. The number of carbonyl (C=O) groups is 1. The van der Waals surface area contributed by atoms with Crippen molar-refractivity contribution in [2.75, 3.05) is 0 Å². The summed E-state index contributed by atoms with van der Waals surface area (Å²) in [5, 5.41) is 0.648. The molecule has 0 aliphatic carbocycles. The van der Waals surface area contributed by atoms with Crippen LogP contribution in [0.25, 0.3) is 11.3 Å². The summed E-state index contributed by atoms with van der Waals surface area (Å²) in [6, 6.07) is 8.94. The van der Waals surface area contributed by atoms with E-state index in [1.54, 1.807) is 12.1 Å². The summed E-state index contributed by atoms with van der Waals surface area (Å²) in [4.78, 5) is 10.5. The summed E-state index contributed by atoms with van der Waals surface area (Å²) in [7, 11) is 0. The van der Waals surface area contributed by atoms with Gasteiger partial charge in [-0.25, -0.2) is 0 Å².